The fraction of sp³-hybridized carbons (Fsp3) is 0.571. The third kappa shape index (κ3) is 2.66. The topological polar surface area (TPSA) is 64.9 Å². The highest BCUT2D eigenvalue weighted by molar-refractivity contribution is 7.16. The minimum atomic E-state index is 0.459. The van der Waals surface area contributed by atoms with E-state index < -0.39 is 0 Å². The second-order valence-electron chi connectivity index (χ2n) is 5.28. The first-order valence-corrected chi connectivity index (χ1v) is 7.75. The molecule has 0 bridgehead atoms. The number of hydrogen-bond donors (Lipinski definition) is 1. The largest absolute Gasteiger partial charge is 0.390 e. The van der Waals surface area contributed by atoms with E-state index in [0.29, 0.717) is 11.8 Å². The van der Waals surface area contributed by atoms with Gasteiger partial charge in [0.15, 0.2) is 5.82 Å². The second-order valence-corrected chi connectivity index (χ2v) is 6.57. The van der Waals surface area contributed by atoms with Gasteiger partial charge in [-0.3, -0.25) is 0 Å². The highest BCUT2D eigenvalue weighted by Crippen LogP contribution is 2.35. The lowest BCUT2D eigenvalue weighted by Gasteiger charge is -2.07. The van der Waals surface area contributed by atoms with Crippen LogP contribution in [0.15, 0.2) is 10.6 Å². The summed E-state index contributed by atoms with van der Waals surface area (Å²) in [7, 11) is 0. The molecule has 1 saturated carbocycles. The van der Waals surface area contributed by atoms with Crippen LogP contribution in [-0.2, 0) is 0 Å². The summed E-state index contributed by atoms with van der Waals surface area (Å²) >= 11 is 1.56. The average Bonchev–Trinajstić information content (AvgIpc) is 2.88. The van der Waals surface area contributed by atoms with E-state index in [1.165, 1.54) is 43.4 Å². The van der Waals surface area contributed by atoms with E-state index in [2.05, 4.69) is 10.1 Å². The van der Waals surface area contributed by atoms with E-state index >= 15 is 0 Å². The molecule has 0 amide bonds. The van der Waals surface area contributed by atoms with Crippen LogP contribution < -0.4 is 5.73 Å². The van der Waals surface area contributed by atoms with Crippen molar-refractivity contribution in [2.45, 2.75) is 51.4 Å². The number of nitrogens with two attached hydrogens (primary N) is 1. The number of aryl methyl sites for hydroxylation is 1. The SMILES string of the molecule is Cc1cc(-c2nc(C3CCCCCC3)no2)c(N)s1. The Morgan fingerprint density at radius 1 is 1.26 bits per heavy atom. The maximum atomic E-state index is 5.98. The molecule has 0 unspecified atom stereocenters. The fourth-order valence-electron chi connectivity index (χ4n) is 2.75. The second kappa shape index (κ2) is 5.33. The summed E-state index contributed by atoms with van der Waals surface area (Å²) < 4.78 is 5.40. The number of aromatic nitrogens is 2. The van der Waals surface area contributed by atoms with Gasteiger partial charge in [-0.25, -0.2) is 0 Å². The maximum absolute atomic E-state index is 5.98. The van der Waals surface area contributed by atoms with Crippen LogP contribution in [0.1, 0.15) is 55.1 Å². The van der Waals surface area contributed by atoms with Gasteiger partial charge in [0.25, 0.3) is 5.89 Å². The zero-order chi connectivity index (χ0) is 13.2. The van der Waals surface area contributed by atoms with Crippen molar-refractivity contribution in [1.82, 2.24) is 10.1 Å². The molecule has 4 nitrogen and oxygen atoms in total. The lowest BCUT2D eigenvalue weighted by Crippen LogP contribution is -1.99. The van der Waals surface area contributed by atoms with Crippen LogP contribution in [0.4, 0.5) is 5.00 Å². The minimum Gasteiger partial charge on any atom is -0.390 e. The van der Waals surface area contributed by atoms with Crippen LogP contribution in [0.2, 0.25) is 0 Å². The number of anilines is 1. The van der Waals surface area contributed by atoms with Crippen molar-refractivity contribution in [1.29, 1.82) is 0 Å². The van der Waals surface area contributed by atoms with Crippen LogP contribution in [-0.4, -0.2) is 10.1 Å². The summed E-state index contributed by atoms with van der Waals surface area (Å²) in [6.07, 6.45) is 7.56. The molecular formula is C14H19N3OS. The molecule has 5 heteroatoms. The molecule has 1 aliphatic carbocycles. The zero-order valence-corrected chi connectivity index (χ0v) is 12.0. The van der Waals surface area contributed by atoms with Gasteiger partial charge in [-0.1, -0.05) is 30.8 Å². The number of rotatable bonds is 2. The molecule has 1 fully saturated rings. The molecule has 0 atom stereocenters. The van der Waals surface area contributed by atoms with E-state index in [-0.39, 0.29) is 0 Å². The number of thiophene rings is 1. The molecule has 2 heterocycles. The molecule has 3 rings (SSSR count). The van der Waals surface area contributed by atoms with Crippen molar-refractivity contribution in [3.63, 3.8) is 0 Å². The molecule has 0 aromatic carbocycles. The average molecular weight is 277 g/mol. The fourth-order valence-corrected chi connectivity index (χ4v) is 3.53. The van der Waals surface area contributed by atoms with Crippen molar-refractivity contribution in [2.24, 2.45) is 0 Å². The molecule has 2 aromatic heterocycles. The first-order valence-electron chi connectivity index (χ1n) is 6.94. The zero-order valence-electron chi connectivity index (χ0n) is 11.2. The normalized spacial score (nSPS) is 17.5. The summed E-state index contributed by atoms with van der Waals surface area (Å²) in [6, 6.07) is 2.02. The van der Waals surface area contributed by atoms with Crippen molar-refractivity contribution in [3.8, 4) is 11.5 Å². The first-order chi connectivity index (χ1) is 9.24. The van der Waals surface area contributed by atoms with Gasteiger partial charge in [-0.15, -0.1) is 11.3 Å². The third-order valence-electron chi connectivity index (χ3n) is 3.78. The van der Waals surface area contributed by atoms with Crippen LogP contribution in [0.25, 0.3) is 11.5 Å². The molecule has 2 N–H and O–H groups in total. The van der Waals surface area contributed by atoms with Crippen molar-refractivity contribution in [2.75, 3.05) is 5.73 Å². The highest BCUT2D eigenvalue weighted by Gasteiger charge is 2.21. The van der Waals surface area contributed by atoms with Crippen LogP contribution in [0, 0.1) is 6.92 Å². The Hall–Kier alpha value is -1.36. The summed E-state index contributed by atoms with van der Waals surface area (Å²) in [5.74, 6) is 1.89. The van der Waals surface area contributed by atoms with Crippen LogP contribution >= 0.6 is 11.3 Å². The van der Waals surface area contributed by atoms with E-state index in [1.807, 2.05) is 13.0 Å². The third-order valence-corrected chi connectivity index (χ3v) is 4.66. The molecule has 19 heavy (non-hydrogen) atoms. The van der Waals surface area contributed by atoms with Gasteiger partial charge >= 0.3 is 0 Å². The van der Waals surface area contributed by atoms with Crippen molar-refractivity contribution >= 4 is 16.3 Å². The van der Waals surface area contributed by atoms with E-state index in [1.54, 1.807) is 11.3 Å². The molecule has 2 aromatic rings. The molecule has 0 aliphatic heterocycles. The van der Waals surface area contributed by atoms with Gasteiger partial charge < -0.3 is 10.3 Å². The summed E-state index contributed by atoms with van der Waals surface area (Å²) in [6.45, 7) is 2.03. The molecule has 0 saturated heterocycles. The summed E-state index contributed by atoms with van der Waals surface area (Å²) in [5, 5.41) is 4.93. The summed E-state index contributed by atoms with van der Waals surface area (Å²) in [4.78, 5) is 5.74. The first kappa shape index (κ1) is 12.7. The predicted molar refractivity (Wildman–Crippen MR) is 77.2 cm³/mol. The molecule has 1 aliphatic rings. The molecule has 102 valence electrons. The van der Waals surface area contributed by atoms with Crippen LogP contribution in [0.5, 0.6) is 0 Å². The van der Waals surface area contributed by atoms with E-state index in [9.17, 15) is 0 Å². The highest BCUT2D eigenvalue weighted by atomic mass is 32.1. The monoisotopic (exact) mass is 277 g/mol. The number of nitrogen functional groups attached to an aromatic ring is 1. The Morgan fingerprint density at radius 2 is 2.00 bits per heavy atom. The Morgan fingerprint density at radius 3 is 2.63 bits per heavy atom. The Balaban J connectivity index is 1.84. The van der Waals surface area contributed by atoms with E-state index in [4.69, 9.17) is 10.3 Å². The van der Waals surface area contributed by atoms with Gasteiger partial charge in [0.1, 0.15) is 0 Å². The molecular weight excluding hydrogens is 258 g/mol. The van der Waals surface area contributed by atoms with Gasteiger partial charge in [0.2, 0.25) is 0 Å². The quantitative estimate of drug-likeness (QED) is 0.838. The smallest absolute Gasteiger partial charge is 0.260 e. The van der Waals surface area contributed by atoms with Gasteiger partial charge in [0, 0.05) is 10.8 Å². The van der Waals surface area contributed by atoms with Crippen molar-refractivity contribution in [3.05, 3.63) is 16.8 Å². The Labute approximate surface area is 117 Å². The lowest BCUT2D eigenvalue weighted by molar-refractivity contribution is 0.410. The van der Waals surface area contributed by atoms with E-state index in [0.717, 1.165) is 16.4 Å². The molecule has 0 spiro atoms. The number of nitrogens with zero attached hydrogens (tertiary/aromatic N) is 2. The molecule has 0 radical (unpaired) electrons. The van der Waals surface area contributed by atoms with Gasteiger partial charge in [0.05, 0.1) is 10.6 Å². The number of hydrogen-bond acceptors (Lipinski definition) is 5. The predicted octanol–water partition coefficient (Wildman–Crippen LogP) is 4.13. The minimum absolute atomic E-state index is 0.459. The maximum Gasteiger partial charge on any atom is 0.260 e. The van der Waals surface area contributed by atoms with Crippen molar-refractivity contribution < 1.29 is 4.52 Å². The Bertz CT molecular complexity index is 553. The summed E-state index contributed by atoms with van der Waals surface area (Å²) in [5.41, 5.74) is 6.86. The lowest BCUT2D eigenvalue weighted by atomic mass is 10.00. The van der Waals surface area contributed by atoms with Gasteiger partial charge in [-0.2, -0.15) is 4.98 Å². The Kier molecular flexibility index (Phi) is 3.55. The standard InChI is InChI=1S/C14H19N3OS/c1-9-8-11(12(15)19-9)14-16-13(17-18-14)10-6-4-2-3-5-7-10/h8,10H,2-7,15H2,1H3. The van der Waals surface area contributed by atoms with Crippen LogP contribution in [0.3, 0.4) is 0 Å². The van der Waals surface area contributed by atoms with Gasteiger partial charge in [-0.05, 0) is 25.8 Å².